The summed E-state index contributed by atoms with van der Waals surface area (Å²) in [5.41, 5.74) is 0.840. The molecule has 0 radical (unpaired) electrons. The average molecular weight is 216 g/mol. The molecule has 0 fully saturated rings. The van der Waals surface area contributed by atoms with Crippen molar-refractivity contribution >= 4 is 0 Å². The first-order valence-corrected chi connectivity index (χ1v) is 4.93. The zero-order chi connectivity index (χ0) is 11.5. The number of aromatic hydroxyl groups is 2. The fourth-order valence-corrected chi connectivity index (χ4v) is 1.28. The van der Waals surface area contributed by atoms with Crippen LogP contribution in [0.15, 0.2) is 42.5 Å². The largest absolute Gasteiger partial charge is 0.508 e. The third kappa shape index (κ3) is 2.25. The summed E-state index contributed by atoms with van der Waals surface area (Å²) in [6.45, 7) is 1.83. The number of phenols is 2. The Hall–Kier alpha value is -2.16. The van der Waals surface area contributed by atoms with E-state index < -0.39 is 0 Å². The Kier molecular flexibility index (Phi) is 2.68. The summed E-state index contributed by atoms with van der Waals surface area (Å²) in [6, 6.07) is 12.1. The van der Waals surface area contributed by atoms with Gasteiger partial charge >= 0.3 is 0 Å². The van der Waals surface area contributed by atoms with Crippen LogP contribution in [0.3, 0.4) is 0 Å². The molecule has 16 heavy (non-hydrogen) atoms. The van der Waals surface area contributed by atoms with Crippen molar-refractivity contribution in [2.75, 3.05) is 0 Å². The van der Waals surface area contributed by atoms with Gasteiger partial charge in [-0.1, -0.05) is 18.2 Å². The maximum Gasteiger partial charge on any atom is 0.176 e. The zero-order valence-electron chi connectivity index (χ0n) is 8.84. The van der Waals surface area contributed by atoms with Crippen LogP contribution in [0.1, 0.15) is 5.56 Å². The summed E-state index contributed by atoms with van der Waals surface area (Å²) in [5.74, 6) is 2.37. The number of hydrogen-bond acceptors (Lipinski definition) is 3. The highest BCUT2D eigenvalue weighted by atomic mass is 16.6. The Morgan fingerprint density at radius 1 is 0.938 bits per heavy atom. The fraction of sp³-hybridized carbons (Fsp3) is 0.0769. The highest BCUT2D eigenvalue weighted by molar-refractivity contribution is 5.62. The molecule has 82 valence electrons. The van der Waals surface area contributed by atoms with Crippen molar-refractivity contribution in [1.29, 1.82) is 0 Å². The predicted molar refractivity (Wildman–Crippen MR) is 61.0 cm³/mol. The third-order valence-electron chi connectivity index (χ3n) is 2.27. The van der Waals surface area contributed by atoms with Gasteiger partial charge in [0.05, 0.1) is 0 Å². The van der Waals surface area contributed by atoms with Gasteiger partial charge < -0.3 is 14.9 Å². The van der Waals surface area contributed by atoms with E-state index in [0.29, 0.717) is 11.5 Å². The van der Waals surface area contributed by atoms with Crippen molar-refractivity contribution in [2.45, 2.75) is 6.92 Å². The average Bonchev–Trinajstić information content (AvgIpc) is 3.06. The lowest BCUT2D eigenvalue weighted by Crippen LogP contribution is -1.64. The molecule has 1 aliphatic rings. The lowest BCUT2D eigenvalue weighted by molar-refractivity contribution is 0.470. The smallest absolute Gasteiger partial charge is 0.176 e. The van der Waals surface area contributed by atoms with E-state index in [2.05, 4.69) is 0 Å². The molecule has 1 heterocycles. The molecule has 0 unspecified atom stereocenters. The van der Waals surface area contributed by atoms with Crippen molar-refractivity contribution in [1.82, 2.24) is 0 Å². The van der Waals surface area contributed by atoms with E-state index in [4.69, 9.17) is 14.9 Å². The summed E-state index contributed by atoms with van der Waals surface area (Å²) < 4.78 is 4.99. The molecular weight excluding hydrogens is 204 g/mol. The molecule has 0 aromatic heterocycles. The van der Waals surface area contributed by atoms with Crippen molar-refractivity contribution in [3.8, 4) is 23.0 Å². The fourth-order valence-electron chi connectivity index (χ4n) is 1.28. The standard InChI is InChI=1S/C7H6O2.C6H6O/c1-4-5(8)2-3-6-7(4)9-6;7-6-4-2-1-3-5-6/h2-3,8H,1H3;1-5,7H. The van der Waals surface area contributed by atoms with Crippen LogP contribution in [0.2, 0.25) is 0 Å². The molecule has 0 saturated carbocycles. The summed E-state index contributed by atoms with van der Waals surface area (Å²) in [5, 5.41) is 17.7. The number of ether oxygens (including phenoxy) is 1. The van der Waals surface area contributed by atoms with Gasteiger partial charge in [0.15, 0.2) is 11.5 Å². The number of rotatable bonds is 0. The van der Waals surface area contributed by atoms with E-state index in [1.807, 2.05) is 13.0 Å². The molecular formula is C13H12O3. The second-order valence-electron chi connectivity index (χ2n) is 3.47. The molecule has 0 spiro atoms. The summed E-state index contributed by atoms with van der Waals surface area (Å²) in [6.07, 6.45) is 0. The van der Waals surface area contributed by atoms with Gasteiger partial charge in [0, 0.05) is 5.56 Å². The molecule has 0 atom stereocenters. The SMILES string of the molecule is Cc1c(O)ccc2c1O2.Oc1ccccc1. The lowest BCUT2D eigenvalue weighted by Gasteiger charge is -1.88. The van der Waals surface area contributed by atoms with E-state index in [1.165, 1.54) is 0 Å². The van der Waals surface area contributed by atoms with Crippen LogP contribution < -0.4 is 4.74 Å². The molecule has 3 nitrogen and oxygen atoms in total. The molecule has 0 amide bonds. The Balaban J connectivity index is 0.000000125. The van der Waals surface area contributed by atoms with Crippen LogP contribution in [0.4, 0.5) is 0 Å². The quantitative estimate of drug-likeness (QED) is 0.567. The van der Waals surface area contributed by atoms with Crippen LogP contribution in [0.25, 0.3) is 0 Å². The molecule has 3 rings (SSSR count). The first-order valence-electron chi connectivity index (χ1n) is 4.93. The minimum absolute atomic E-state index is 0.311. The topological polar surface area (TPSA) is 53.0 Å². The number of benzene rings is 2. The minimum atomic E-state index is 0.311. The van der Waals surface area contributed by atoms with E-state index >= 15 is 0 Å². The highest BCUT2D eigenvalue weighted by Crippen LogP contribution is 2.50. The molecule has 2 aromatic rings. The van der Waals surface area contributed by atoms with Gasteiger partial charge in [-0.2, -0.15) is 0 Å². The lowest BCUT2D eigenvalue weighted by atomic mass is 10.2. The van der Waals surface area contributed by atoms with Crippen LogP contribution in [-0.2, 0) is 0 Å². The van der Waals surface area contributed by atoms with Crippen molar-refractivity contribution in [2.24, 2.45) is 0 Å². The Labute approximate surface area is 93.6 Å². The van der Waals surface area contributed by atoms with E-state index in [9.17, 15) is 0 Å². The Morgan fingerprint density at radius 3 is 2.12 bits per heavy atom. The molecule has 2 aromatic carbocycles. The van der Waals surface area contributed by atoms with Crippen LogP contribution in [-0.4, -0.2) is 10.2 Å². The van der Waals surface area contributed by atoms with Crippen LogP contribution in [0, 0.1) is 6.92 Å². The number of fused-ring (bicyclic) bond motifs is 1. The van der Waals surface area contributed by atoms with Gasteiger partial charge in [-0.05, 0) is 31.2 Å². The Morgan fingerprint density at radius 2 is 1.62 bits per heavy atom. The number of hydrogen-bond donors (Lipinski definition) is 2. The van der Waals surface area contributed by atoms with E-state index in [0.717, 1.165) is 17.1 Å². The van der Waals surface area contributed by atoms with Crippen LogP contribution in [0.5, 0.6) is 23.0 Å². The monoisotopic (exact) mass is 216 g/mol. The molecule has 0 saturated heterocycles. The second kappa shape index (κ2) is 4.14. The van der Waals surface area contributed by atoms with Gasteiger partial charge in [0.2, 0.25) is 0 Å². The first kappa shape index (κ1) is 10.4. The predicted octanol–water partition coefficient (Wildman–Crippen LogP) is 3.20. The third-order valence-corrected chi connectivity index (χ3v) is 2.27. The van der Waals surface area contributed by atoms with E-state index in [-0.39, 0.29) is 0 Å². The van der Waals surface area contributed by atoms with Gasteiger partial charge in [-0.25, -0.2) is 0 Å². The molecule has 0 bridgehead atoms. The van der Waals surface area contributed by atoms with Gasteiger partial charge in [0.1, 0.15) is 11.5 Å². The summed E-state index contributed by atoms with van der Waals surface area (Å²) in [7, 11) is 0. The second-order valence-corrected chi connectivity index (χ2v) is 3.47. The van der Waals surface area contributed by atoms with Crippen molar-refractivity contribution in [3.63, 3.8) is 0 Å². The minimum Gasteiger partial charge on any atom is -0.508 e. The maximum atomic E-state index is 9.05. The van der Waals surface area contributed by atoms with Gasteiger partial charge in [-0.3, -0.25) is 0 Å². The maximum absolute atomic E-state index is 9.05. The Bertz CT molecular complexity index is 488. The van der Waals surface area contributed by atoms with Gasteiger partial charge in [0.25, 0.3) is 0 Å². The number of phenolic OH excluding ortho intramolecular Hbond substituents is 2. The van der Waals surface area contributed by atoms with Crippen LogP contribution >= 0.6 is 0 Å². The molecule has 1 aliphatic heterocycles. The number of para-hydroxylation sites is 1. The van der Waals surface area contributed by atoms with Gasteiger partial charge in [-0.15, -0.1) is 0 Å². The first-order chi connectivity index (χ1) is 7.68. The normalized spacial score (nSPS) is 10.6. The summed E-state index contributed by atoms with van der Waals surface area (Å²) >= 11 is 0. The van der Waals surface area contributed by atoms with E-state index in [1.54, 1.807) is 36.4 Å². The van der Waals surface area contributed by atoms with Crippen molar-refractivity contribution < 1.29 is 14.9 Å². The zero-order valence-corrected chi connectivity index (χ0v) is 8.84. The summed E-state index contributed by atoms with van der Waals surface area (Å²) in [4.78, 5) is 0. The molecule has 2 N–H and O–H groups in total. The highest BCUT2D eigenvalue weighted by Gasteiger charge is 2.23. The molecule has 0 aliphatic carbocycles. The molecule has 3 heteroatoms. The van der Waals surface area contributed by atoms with Crippen molar-refractivity contribution in [3.05, 3.63) is 48.0 Å².